The fraction of sp³-hybridized carbons (Fsp3) is 0.100. The maximum absolute atomic E-state index is 12.6. The molecule has 0 unspecified atom stereocenters. The SMILES string of the molecule is CC(=O)Nc1ccc(C(=O)OC(c2ccccc2)c2ccccc2)s1. The molecule has 0 saturated heterocycles. The predicted octanol–water partition coefficient (Wildman–Crippen LogP) is 4.65. The van der Waals surface area contributed by atoms with Crippen LogP contribution in [0.3, 0.4) is 0 Å². The van der Waals surface area contributed by atoms with Crippen molar-refractivity contribution in [2.45, 2.75) is 13.0 Å². The first kappa shape index (κ1) is 16.9. The van der Waals surface area contributed by atoms with Crippen molar-refractivity contribution in [3.05, 3.63) is 88.8 Å². The number of hydrogen-bond acceptors (Lipinski definition) is 4. The average molecular weight is 351 g/mol. The van der Waals surface area contributed by atoms with E-state index in [1.807, 2.05) is 60.7 Å². The van der Waals surface area contributed by atoms with Gasteiger partial charge in [0.05, 0.1) is 5.00 Å². The molecule has 0 aliphatic heterocycles. The second-order valence-electron chi connectivity index (χ2n) is 5.45. The number of benzene rings is 2. The van der Waals surface area contributed by atoms with Crippen molar-refractivity contribution in [2.75, 3.05) is 5.32 Å². The zero-order valence-electron chi connectivity index (χ0n) is 13.6. The molecule has 1 amide bonds. The van der Waals surface area contributed by atoms with E-state index in [0.29, 0.717) is 9.88 Å². The van der Waals surface area contributed by atoms with E-state index in [9.17, 15) is 9.59 Å². The maximum Gasteiger partial charge on any atom is 0.349 e. The lowest BCUT2D eigenvalue weighted by atomic mass is 10.0. The molecule has 126 valence electrons. The second-order valence-corrected chi connectivity index (χ2v) is 6.54. The summed E-state index contributed by atoms with van der Waals surface area (Å²) >= 11 is 1.20. The van der Waals surface area contributed by atoms with Crippen molar-refractivity contribution < 1.29 is 14.3 Å². The largest absolute Gasteiger partial charge is 0.448 e. The highest BCUT2D eigenvalue weighted by Gasteiger charge is 2.21. The molecule has 25 heavy (non-hydrogen) atoms. The van der Waals surface area contributed by atoms with Crippen LogP contribution in [0, 0.1) is 0 Å². The molecule has 0 bridgehead atoms. The summed E-state index contributed by atoms with van der Waals surface area (Å²) in [6, 6.07) is 22.6. The second kappa shape index (κ2) is 7.77. The van der Waals surface area contributed by atoms with Gasteiger partial charge in [-0.1, -0.05) is 60.7 Å². The molecule has 1 heterocycles. The molecule has 0 aliphatic rings. The van der Waals surface area contributed by atoms with Gasteiger partial charge in [-0.25, -0.2) is 4.79 Å². The Hall–Kier alpha value is -2.92. The zero-order chi connectivity index (χ0) is 17.6. The Kier molecular flexibility index (Phi) is 5.26. The molecule has 0 spiro atoms. The minimum atomic E-state index is -0.485. The third kappa shape index (κ3) is 4.33. The van der Waals surface area contributed by atoms with Gasteiger partial charge < -0.3 is 10.1 Å². The molecule has 2 aromatic carbocycles. The van der Waals surface area contributed by atoms with Crippen LogP contribution in [-0.4, -0.2) is 11.9 Å². The van der Waals surface area contributed by atoms with E-state index in [-0.39, 0.29) is 5.91 Å². The van der Waals surface area contributed by atoms with Crippen LogP contribution in [0.15, 0.2) is 72.8 Å². The number of esters is 1. The predicted molar refractivity (Wildman–Crippen MR) is 98.8 cm³/mol. The summed E-state index contributed by atoms with van der Waals surface area (Å²) in [7, 11) is 0. The number of ether oxygens (including phenoxy) is 1. The third-order valence-electron chi connectivity index (χ3n) is 3.54. The topological polar surface area (TPSA) is 55.4 Å². The van der Waals surface area contributed by atoms with Gasteiger partial charge in [0.2, 0.25) is 5.91 Å². The number of anilines is 1. The maximum atomic E-state index is 12.6. The molecule has 4 nitrogen and oxygen atoms in total. The van der Waals surface area contributed by atoms with Crippen LogP contribution in [0.2, 0.25) is 0 Å². The van der Waals surface area contributed by atoms with Gasteiger partial charge in [-0.2, -0.15) is 0 Å². The Morgan fingerprint density at radius 1 is 0.880 bits per heavy atom. The summed E-state index contributed by atoms with van der Waals surface area (Å²) < 4.78 is 5.79. The Morgan fingerprint density at radius 3 is 1.96 bits per heavy atom. The molecule has 5 heteroatoms. The fourth-order valence-electron chi connectivity index (χ4n) is 2.44. The summed E-state index contributed by atoms with van der Waals surface area (Å²) in [6.07, 6.45) is -0.485. The molecular formula is C20H17NO3S. The Balaban J connectivity index is 1.84. The average Bonchev–Trinajstić information content (AvgIpc) is 3.09. The van der Waals surface area contributed by atoms with Gasteiger partial charge in [0, 0.05) is 6.92 Å². The first-order chi connectivity index (χ1) is 12.1. The molecule has 1 aromatic heterocycles. The number of thiophene rings is 1. The third-order valence-corrected chi connectivity index (χ3v) is 4.52. The van der Waals surface area contributed by atoms with E-state index in [0.717, 1.165) is 11.1 Å². The van der Waals surface area contributed by atoms with Gasteiger partial charge in [0.25, 0.3) is 0 Å². The molecule has 0 atom stereocenters. The molecule has 0 radical (unpaired) electrons. The first-order valence-electron chi connectivity index (χ1n) is 7.82. The van der Waals surface area contributed by atoms with Gasteiger partial charge in [0.1, 0.15) is 4.88 Å². The van der Waals surface area contributed by atoms with Crippen LogP contribution in [0.1, 0.15) is 33.8 Å². The van der Waals surface area contributed by atoms with Gasteiger partial charge in [0.15, 0.2) is 6.10 Å². The highest BCUT2D eigenvalue weighted by molar-refractivity contribution is 7.18. The summed E-state index contributed by atoms with van der Waals surface area (Å²) in [5.41, 5.74) is 1.81. The van der Waals surface area contributed by atoms with E-state index in [2.05, 4.69) is 5.32 Å². The van der Waals surface area contributed by atoms with Crippen molar-refractivity contribution in [1.29, 1.82) is 0 Å². The van der Waals surface area contributed by atoms with E-state index >= 15 is 0 Å². The fourth-order valence-corrected chi connectivity index (χ4v) is 3.27. The van der Waals surface area contributed by atoms with Crippen molar-refractivity contribution in [1.82, 2.24) is 0 Å². The number of carbonyl (C=O) groups excluding carboxylic acids is 2. The smallest absolute Gasteiger partial charge is 0.349 e. The quantitative estimate of drug-likeness (QED) is 0.681. The Morgan fingerprint density at radius 2 is 1.44 bits per heavy atom. The van der Waals surface area contributed by atoms with Gasteiger partial charge in [-0.3, -0.25) is 4.79 Å². The van der Waals surface area contributed by atoms with Gasteiger partial charge >= 0.3 is 5.97 Å². The summed E-state index contributed by atoms with van der Waals surface area (Å²) in [4.78, 5) is 24.1. The van der Waals surface area contributed by atoms with Crippen molar-refractivity contribution >= 4 is 28.2 Å². The summed E-state index contributed by atoms with van der Waals surface area (Å²) in [5.74, 6) is -0.590. The molecule has 0 aliphatic carbocycles. The van der Waals surface area contributed by atoms with Crippen LogP contribution in [0.25, 0.3) is 0 Å². The Labute approximate surface area is 150 Å². The summed E-state index contributed by atoms with van der Waals surface area (Å²) in [6.45, 7) is 1.43. The van der Waals surface area contributed by atoms with Crippen molar-refractivity contribution in [3.63, 3.8) is 0 Å². The van der Waals surface area contributed by atoms with Crippen LogP contribution >= 0.6 is 11.3 Å². The summed E-state index contributed by atoms with van der Waals surface area (Å²) in [5, 5.41) is 3.29. The normalized spacial score (nSPS) is 10.5. The molecule has 1 N–H and O–H groups in total. The molecule has 0 saturated carbocycles. The highest BCUT2D eigenvalue weighted by atomic mass is 32.1. The lowest BCUT2D eigenvalue weighted by Gasteiger charge is -2.18. The van der Waals surface area contributed by atoms with E-state index < -0.39 is 12.1 Å². The highest BCUT2D eigenvalue weighted by Crippen LogP contribution is 2.29. The first-order valence-corrected chi connectivity index (χ1v) is 8.63. The zero-order valence-corrected chi connectivity index (χ0v) is 14.5. The van der Waals surface area contributed by atoms with Crippen LogP contribution in [0.4, 0.5) is 5.00 Å². The van der Waals surface area contributed by atoms with Crippen LogP contribution in [-0.2, 0) is 9.53 Å². The molecule has 0 fully saturated rings. The van der Waals surface area contributed by atoms with Gasteiger partial charge in [-0.05, 0) is 23.3 Å². The van der Waals surface area contributed by atoms with E-state index in [1.54, 1.807) is 12.1 Å². The number of amides is 1. The number of rotatable bonds is 5. The van der Waals surface area contributed by atoms with Crippen molar-refractivity contribution in [3.8, 4) is 0 Å². The lowest BCUT2D eigenvalue weighted by molar-refractivity contribution is -0.114. The van der Waals surface area contributed by atoms with Crippen LogP contribution in [0.5, 0.6) is 0 Å². The minimum absolute atomic E-state index is 0.173. The minimum Gasteiger partial charge on any atom is -0.448 e. The van der Waals surface area contributed by atoms with E-state index in [4.69, 9.17) is 4.74 Å². The standard InChI is InChI=1S/C20H17NO3S/c1-14(22)21-18-13-12-17(25-18)20(23)24-19(15-8-4-2-5-9-15)16-10-6-3-7-11-16/h2-13,19H,1H3,(H,21,22). The monoisotopic (exact) mass is 351 g/mol. The molecule has 3 rings (SSSR count). The van der Waals surface area contributed by atoms with E-state index in [1.165, 1.54) is 18.3 Å². The molecular weight excluding hydrogens is 334 g/mol. The van der Waals surface area contributed by atoms with Crippen LogP contribution < -0.4 is 5.32 Å². The van der Waals surface area contributed by atoms with Crippen molar-refractivity contribution in [2.24, 2.45) is 0 Å². The molecule has 3 aromatic rings. The Bertz CT molecular complexity index is 819. The number of nitrogens with one attached hydrogen (secondary N) is 1. The van der Waals surface area contributed by atoms with Gasteiger partial charge in [-0.15, -0.1) is 11.3 Å². The lowest BCUT2D eigenvalue weighted by Crippen LogP contribution is -2.12. The number of hydrogen-bond donors (Lipinski definition) is 1. The number of carbonyl (C=O) groups is 2.